The SMILES string of the molecule is CCOc1cc(C=C(C#N)c2ccccc2F)ccc1OCc1cccc([N+](=O)[O-])c1. The molecule has 0 saturated carbocycles. The predicted octanol–water partition coefficient (Wildman–Crippen LogP) is 5.78. The van der Waals surface area contributed by atoms with E-state index < -0.39 is 10.7 Å². The molecule has 0 bridgehead atoms. The molecule has 156 valence electrons. The third-order valence-corrected chi connectivity index (χ3v) is 4.38. The second-order valence-corrected chi connectivity index (χ2v) is 6.50. The zero-order valence-corrected chi connectivity index (χ0v) is 16.7. The summed E-state index contributed by atoms with van der Waals surface area (Å²) in [6.07, 6.45) is 1.57. The summed E-state index contributed by atoms with van der Waals surface area (Å²) in [6, 6.07) is 19.4. The molecule has 0 aliphatic heterocycles. The van der Waals surface area contributed by atoms with Crippen molar-refractivity contribution in [3.05, 3.63) is 99.4 Å². The van der Waals surface area contributed by atoms with Crippen LogP contribution in [0.25, 0.3) is 11.6 Å². The van der Waals surface area contributed by atoms with Crippen molar-refractivity contribution in [3.8, 4) is 17.6 Å². The van der Waals surface area contributed by atoms with E-state index in [9.17, 15) is 19.8 Å². The van der Waals surface area contributed by atoms with E-state index in [0.29, 0.717) is 29.2 Å². The van der Waals surface area contributed by atoms with Crippen LogP contribution in [0.4, 0.5) is 10.1 Å². The summed E-state index contributed by atoms with van der Waals surface area (Å²) < 4.78 is 25.5. The van der Waals surface area contributed by atoms with Crippen LogP contribution in [0, 0.1) is 27.3 Å². The molecule has 7 heteroatoms. The van der Waals surface area contributed by atoms with Crippen molar-refractivity contribution < 1.29 is 18.8 Å². The molecule has 0 unspecified atom stereocenters. The Hall–Kier alpha value is -4.18. The fraction of sp³-hybridized carbons (Fsp3) is 0.125. The van der Waals surface area contributed by atoms with Gasteiger partial charge in [-0.05, 0) is 42.3 Å². The van der Waals surface area contributed by atoms with E-state index in [4.69, 9.17) is 9.47 Å². The van der Waals surface area contributed by atoms with Gasteiger partial charge in [0.25, 0.3) is 5.69 Å². The molecule has 0 spiro atoms. The molecule has 0 amide bonds. The lowest BCUT2D eigenvalue weighted by Crippen LogP contribution is -2.00. The Labute approximate surface area is 178 Å². The average Bonchev–Trinajstić information content (AvgIpc) is 2.78. The van der Waals surface area contributed by atoms with E-state index in [1.165, 1.54) is 18.2 Å². The van der Waals surface area contributed by atoms with Gasteiger partial charge in [-0.1, -0.05) is 36.4 Å². The first-order valence-electron chi connectivity index (χ1n) is 9.51. The Morgan fingerprint density at radius 1 is 1.10 bits per heavy atom. The maximum atomic E-state index is 14.1. The van der Waals surface area contributed by atoms with Crippen molar-refractivity contribution >= 4 is 17.3 Å². The van der Waals surface area contributed by atoms with E-state index in [0.717, 1.165) is 0 Å². The van der Waals surface area contributed by atoms with Crippen LogP contribution in [0.15, 0.2) is 66.7 Å². The molecular weight excluding hydrogens is 399 g/mol. The lowest BCUT2D eigenvalue weighted by atomic mass is 10.0. The third-order valence-electron chi connectivity index (χ3n) is 4.38. The number of allylic oxidation sites excluding steroid dienone is 1. The first-order chi connectivity index (χ1) is 15.0. The van der Waals surface area contributed by atoms with Gasteiger partial charge in [-0.3, -0.25) is 10.1 Å². The highest BCUT2D eigenvalue weighted by Gasteiger charge is 2.11. The summed E-state index contributed by atoms with van der Waals surface area (Å²) >= 11 is 0. The Balaban J connectivity index is 1.86. The minimum Gasteiger partial charge on any atom is -0.490 e. The van der Waals surface area contributed by atoms with Crippen LogP contribution >= 0.6 is 0 Å². The lowest BCUT2D eigenvalue weighted by molar-refractivity contribution is -0.384. The van der Waals surface area contributed by atoms with Crippen molar-refractivity contribution in [3.63, 3.8) is 0 Å². The van der Waals surface area contributed by atoms with Crippen molar-refractivity contribution in [2.24, 2.45) is 0 Å². The Kier molecular flexibility index (Phi) is 6.97. The number of rotatable bonds is 8. The number of non-ortho nitro benzene ring substituents is 1. The van der Waals surface area contributed by atoms with Crippen molar-refractivity contribution in [2.45, 2.75) is 13.5 Å². The summed E-state index contributed by atoms with van der Waals surface area (Å²) in [6.45, 7) is 2.33. The molecule has 6 nitrogen and oxygen atoms in total. The van der Waals surface area contributed by atoms with E-state index in [2.05, 4.69) is 0 Å². The standard InChI is InChI=1S/C24H19FN2O4/c1-2-30-24-14-17(12-19(15-26)21-8-3-4-9-22(21)25)10-11-23(24)31-16-18-6-5-7-20(13-18)27(28)29/h3-14H,2,16H2,1H3. The number of nitro benzene ring substituents is 1. The van der Waals surface area contributed by atoms with Gasteiger partial charge in [0.15, 0.2) is 11.5 Å². The molecule has 3 aromatic rings. The van der Waals surface area contributed by atoms with Gasteiger partial charge in [0, 0.05) is 17.7 Å². The zero-order valence-electron chi connectivity index (χ0n) is 16.7. The Bertz CT molecular complexity index is 1170. The Morgan fingerprint density at radius 3 is 2.61 bits per heavy atom. The molecule has 0 radical (unpaired) electrons. The number of nitro groups is 1. The number of halogens is 1. The molecular formula is C24H19FN2O4. The third kappa shape index (κ3) is 5.46. The average molecular weight is 418 g/mol. The molecule has 0 aromatic heterocycles. The van der Waals surface area contributed by atoms with E-state index in [1.807, 2.05) is 13.0 Å². The van der Waals surface area contributed by atoms with Gasteiger partial charge in [-0.25, -0.2) is 4.39 Å². The number of ether oxygens (including phenoxy) is 2. The van der Waals surface area contributed by atoms with E-state index in [1.54, 1.807) is 54.6 Å². The van der Waals surface area contributed by atoms with Gasteiger partial charge in [-0.2, -0.15) is 5.26 Å². The Morgan fingerprint density at radius 2 is 1.90 bits per heavy atom. The maximum Gasteiger partial charge on any atom is 0.269 e. The summed E-state index contributed by atoms with van der Waals surface area (Å²) in [5, 5.41) is 20.4. The minimum atomic E-state index is -0.475. The summed E-state index contributed by atoms with van der Waals surface area (Å²) in [5.74, 6) is 0.430. The smallest absolute Gasteiger partial charge is 0.269 e. The van der Waals surface area contributed by atoms with Gasteiger partial charge in [0.1, 0.15) is 12.4 Å². The van der Waals surface area contributed by atoms with Crippen LogP contribution in [-0.2, 0) is 6.61 Å². The van der Waals surface area contributed by atoms with Gasteiger partial charge < -0.3 is 9.47 Å². The van der Waals surface area contributed by atoms with Gasteiger partial charge >= 0.3 is 0 Å². The number of nitrogens with zero attached hydrogens (tertiary/aromatic N) is 2. The predicted molar refractivity (Wildman–Crippen MR) is 115 cm³/mol. The largest absolute Gasteiger partial charge is 0.490 e. The fourth-order valence-corrected chi connectivity index (χ4v) is 2.94. The first-order valence-corrected chi connectivity index (χ1v) is 9.51. The molecule has 3 rings (SSSR count). The van der Waals surface area contributed by atoms with Crippen molar-refractivity contribution in [1.29, 1.82) is 5.26 Å². The van der Waals surface area contributed by atoms with Crippen LogP contribution < -0.4 is 9.47 Å². The molecule has 0 aliphatic rings. The maximum absolute atomic E-state index is 14.1. The number of nitriles is 1. The fourth-order valence-electron chi connectivity index (χ4n) is 2.94. The van der Waals surface area contributed by atoms with E-state index in [-0.39, 0.29) is 23.4 Å². The highest BCUT2D eigenvalue weighted by Crippen LogP contribution is 2.31. The first kappa shape index (κ1) is 21.5. The molecule has 0 saturated heterocycles. The highest BCUT2D eigenvalue weighted by molar-refractivity contribution is 5.90. The van der Waals surface area contributed by atoms with Gasteiger partial charge in [0.2, 0.25) is 0 Å². The van der Waals surface area contributed by atoms with Gasteiger partial charge in [0.05, 0.1) is 23.2 Å². The minimum absolute atomic E-state index is 0.0104. The monoisotopic (exact) mass is 418 g/mol. The molecule has 0 aliphatic carbocycles. The molecule has 0 atom stereocenters. The second-order valence-electron chi connectivity index (χ2n) is 6.50. The lowest BCUT2D eigenvalue weighted by Gasteiger charge is -2.13. The topological polar surface area (TPSA) is 85.4 Å². The zero-order chi connectivity index (χ0) is 22.2. The molecule has 3 aromatic carbocycles. The molecule has 0 N–H and O–H groups in total. The normalized spacial score (nSPS) is 10.9. The van der Waals surface area contributed by atoms with Crippen molar-refractivity contribution in [2.75, 3.05) is 6.61 Å². The quantitative estimate of drug-likeness (QED) is 0.200. The van der Waals surface area contributed by atoms with E-state index >= 15 is 0 Å². The number of hydrogen-bond donors (Lipinski definition) is 0. The van der Waals surface area contributed by atoms with Crippen molar-refractivity contribution in [1.82, 2.24) is 0 Å². The molecule has 0 heterocycles. The highest BCUT2D eigenvalue weighted by atomic mass is 19.1. The number of benzene rings is 3. The van der Waals surface area contributed by atoms with Crippen LogP contribution in [0.5, 0.6) is 11.5 Å². The van der Waals surface area contributed by atoms with Crippen LogP contribution in [-0.4, -0.2) is 11.5 Å². The second kappa shape index (κ2) is 10.0. The summed E-state index contributed by atoms with van der Waals surface area (Å²) in [5.41, 5.74) is 1.68. The summed E-state index contributed by atoms with van der Waals surface area (Å²) in [7, 11) is 0. The van der Waals surface area contributed by atoms with Gasteiger partial charge in [-0.15, -0.1) is 0 Å². The van der Waals surface area contributed by atoms with Crippen LogP contribution in [0.3, 0.4) is 0 Å². The number of hydrogen-bond acceptors (Lipinski definition) is 5. The molecule has 31 heavy (non-hydrogen) atoms. The van der Waals surface area contributed by atoms with Crippen LogP contribution in [0.2, 0.25) is 0 Å². The van der Waals surface area contributed by atoms with Crippen LogP contribution in [0.1, 0.15) is 23.6 Å². The molecule has 0 fully saturated rings. The summed E-state index contributed by atoms with van der Waals surface area (Å²) in [4.78, 5) is 10.5.